The maximum Gasteiger partial charge on any atom is 0.161 e. The largest absolute Gasteiger partial charge is 0.396 e. The Labute approximate surface area is 94.1 Å². The number of methoxy groups -OCH3 is 1. The fraction of sp³-hybridized carbons (Fsp3) is 0.167. The number of anilines is 1. The number of aromatic nitrogens is 2. The zero-order valence-corrected chi connectivity index (χ0v) is 9.00. The molecule has 1 unspecified atom stereocenters. The molecule has 0 spiro atoms. The summed E-state index contributed by atoms with van der Waals surface area (Å²) in [6.45, 7) is 0. The minimum Gasteiger partial charge on any atom is -0.396 e. The Morgan fingerprint density at radius 3 is 2.31 bits per heavy atom. The molecule has 0 aliphatic heterocycles. The first kappa shape index (κ1) is 10.6. The van der Waals surface area contributed by atoms with Crippen LogP contribution in [-0.2, 0) is 4.74 Å². The van der Waals surface area contributed by atoms with Gasteiger partial charge < -0.3 is 10.5 Å². The number of nitrogens with two attached hydrogens (primary N) is 1. The van der Waals surface area contributed by atoms with Crippen molar-refractivity contribution in [3.63, 3.8) is 0 Å². The molecule has 0 bridgehead atoms. The van der Waals surface area contributed by atoms with Crippen molar-refractivity contribution in [1.29, 1.82) is 0 Å². The molecule has 0 saturated carbocycles. The average Bonchev–Trinajstić information content (AvgIpc) is 2.34. The highest BCUT2D eigenvalue weighted by Gasteiger charge is 2.15. The summed E-state index contributed by atoms with van der Waals surface area (Å²) < 4.78 is 5.40. The van der Waals surface area contributed by atoms with Gasteiger partial charge >= 0.3 is 0 Å². The van der Waals surface area contributed by atoms with E-state index in [9.17, 15) is 0 Å². The van der Waals surface area contributed by atoms with Crippen LogP contribution in [0.1, 0.15) is 17.5 Å². The second-order valence-corrected chi connectivity index (χ2v) is 3.40. The minimum absolute atomic E-state index is 0.248. The normalized spacial score (nSPS) is 12.3. The van der Waals surface area contributed by atoms with Gasteiger partial charge in [0.25, 0.3) is 0 Å². The topological polar surface area (TPSA) is 61.0 Å². The van der Waals surface area contributed by atoms with Gasteiger partial charge in [0.15, 0.2) is 5.82 Å². The van der Waals surface area contributed by atoms with E-state index in [0.717, 1.165) is 5.56 Å². The quantitative estimate of drug-likeness (QED) is 0.848. The Morgan fingerprint density at radius 1 is 1.12 bits per heavy atom. The Morgan fingerprint density at radius 2 is 1.75 bits per heavy atom. The van der Waals surface area contributed by atoms with Gasteiger partial charge in [-0.15, -0.1) is 0 Å². The lowest BCUT2D eigenvalue weighted by Crippen LogP contribution is -2.08. The van der Waals surface area contributed by atoms with Crippen LogP contribution in [0.5, 0.6) is 0 Å². The van der Waals surface area contributed by atoms with Crippen molar-refractivity contribution in [2.24, 2.45) is 0 Å². The molecule has 1 heterocycles. The fourth-order valence-corrected chi connectivity index (χ4v) is 1.50. The molecule has 1 aromatic heterocycles. The van der Waals surface area contributed by atoms with Crippen LogP contribution in [0.15, 0.2) is 42.7 Å². The number of ether oxygens (including phenoxy) is 1. The highest BCUT2D eigenvalue weighted by molar-refractivity contribution is 5.31. The smallest absolute Gasteiger partial charge is 0.161 e. The molecule has 1 atom stereocenters. The van der Waals surface area contributed by atoms with Crippen LogP contribution in [-0.4, -0.2) is 17.1 Å². The van der Waals surface area contributed by atoms with Gasteiger partial charge in [-0.3, -0.25) is 0 Å². The summed E-state index contributed by atoms with van der Waals surface area (Å²) in [7, 11) is 1.64. The van der Waals surface area contributed by atoms with Gasteiger partial charge in [-0.2, -0.15) is 0 Å². The third kappa shape index (κ3) is 2.17. The highest BCUT2D eigenvalue weighted by atomic mass is 16.5. The van der Waals surface area contributed by atoms with Crippen LogP contribution >= 0.6 is 0 Å². The van der Waals surface area contributed by atoms with Crippen LogP contribution < -0.4 is 5.73 Å². The molecule has 2 N–H and O–H groups in total. The molecular formula is C12H13N3O. The molecule has 0 amide bonds. The van der Waals surface area contributed by atoms with Gasteiger partial charge in [0.2, 0.25) is 0 Å². The van der Waals surface area contributed by atoms with Crippen LogP contribution in [0.3, 0.4) is 0 Å². The number of rotatable bonds is 3. The highest BCUT2D eigenvalue weighted by Crippen LogP contribution is 2.21. The van der Waals surface area contributed by atoms with E-state index in [2.05, 4.69) is 9.97 Å². The van der Waals surface area contributed by atoms with Crippen LogP contribution in [0.4, 0.5) is 5.69 Å². The Kier molecular flexibility index (Phi) is 3.12. The lowest BCUT2D eigenvalue weighted by atomic mass is 10.1. The first-order chi connectivity index (χ1) is 7.81. The predicted octanol–water partition coefficient (Wildman–Crippen LogP) is 1.79. The van der Waals surface area contributed by atoms with E-state index in [1.165, 1.54) is 0 Å². The van der Waals surface area contributed by atoms with Crippen LogP contribution in [0, 0.1) is 0 Å². The zero-order valence-electron chi connectivity index (χ0n) is 9.00. The molecule has 0 aliphatic carbocycles. The van der Waals surface area contributed by atoms with Crippen molar-refractivity contribution >= 4 is 5.69 Å². The lowest BCUT2D eigenvalue weighted by Gasteiger charge is -2.13. The number of hydrogen-bond acceptors (Lipinski definition) is 4. The van der Waals surface area contributed by atoms with Gasteiger partial charge in [0, 0.05) is 7.11 Å². The summed E-state index contributed by atoms with van der Waals surface area (Å²) >= 11 is 0. The van der Waals surface area contributed by atoms with Gasteiger partial charge in [0.05, 0.1) is 18.1 Å². The molecule has 0 saturated heterocycles. The maximum absolute atomic E-state index is 5.54. The Balaban J connectivity index is 2.33. The third-order valence-electron chi connectivity index (χ3n) is 2.26. The van der Waals surface area contributed by atoms with Gasteiger partial charge in [-0.25, -0.2) is 9.97 Å². The molecule has 82 valence electrons. The molecule has 0 radical (unpaired) electrons. The Hall–Kier alpha value is -1.94. The molecular weight excluding hydrogens is 202 g/mol. The summed E-state index contributed by atoms with van der Waals surface area (Å²) in [5, 5.41) is 0. The van der Waals surface area contributed by atoms with Crippen LogP contribution in [0.2, 0.25) is 0 Å². The van der Waals surface area contributed by atoms with Crippen molar-refractivity contribution in [2.75, 3.05) is 12.8 Å². The summed E-state index contributed by atoms with van der Waals surface area (Å²) in [6, 6.07) is 9.83. The van der Waals surface area contributed by atoms with Crippen molar-refractivity contribution in [2.45, 2.75) is 6.10 Å². The van der Waals surface area contributed by atoms with Crippen molar-refractivity contribution in [3.05, 3.63) is 54.1 Å². The summed E-state index contributed by atoms with van der Waals surface area (Å²) in [6.07, 6.45) is 2.91. The number of nitrogens with zero attached hydrogens (tertiary/aromatic N) is 2. The molecule has 2 aromatic rings. The molecule has 1 aromatic carbocycles. The number of hydrogen-bond donors (Lipinski definition) is 1. The Bertz CT molecular complexity index is 442. The van der Waals surface area contributed by atoms with Crippen molar-refractivity contribution < 1.29 is 4.74 Å². The van der Waals surface area contributed by atoms with Gasteiger partial charge in [-0.05, 0) is 5.56 Å². The predicted molar refractivity (Wildman–Crippen MR) is 61.7 cm³/mol. The molecule has 16 heavy (non-hydrogen) atoms. The van der Waals surface area contributed by atoms with Crippen molar-refractivity contribution in [1.82, 2.24) is 9.97 Å². The zero-order chi connectivity index (χ0) is 11.4. The van der Waals surface area contributed by atoms with E-state index in [1.807, 2.05) is 30.3 Å². The second-order valence-electron chi connectivity index (χ2n) is 3.40. The van der Waals surface area contributed by atoms with E-state index in [4.69, 9.17) is 10.5 Å². The van der Waals surface area contributed by atoms with E-state index in [0.29, 0.717) is 11.5 Å². The van der Waals surface area contributed by atoms with E-state index in [1.54, 1.807) is 19.5 Å². The van der Waals surface area contributed by atoms with E-state index < -0.39 is 0 Å². The summed E-state index contributed by atoms with van der Waals surface area (Å²) in [5.41, 5.74) is 7.11. The van der Waals surface area contributed by atoms with E-state index in [-0.39, 0.29) is 6.10 Å². The molecule has 4 heteroatoms. The number of benzene rings is 1. The molecule has 2 rings (SSSR count). The maximum atomic E-state index is 5.54. The summed E-state index contributed by atoms with van der Waals surface area (Å²) in [4.78, 5) is 8.33. The lowest BCUT2D eigenvalue weighted by molar-refractivity contribution is 0.129. The average molecular weight is 215 g/mol. The van der Waals surface area contributed by atoms with Crippen LogP contribution in [0.25, 0.3) is 0 Å². The monoisotopic (exact) mass is 215 g/mol. The molecule has 0 aliphatic rings. The fourth-order valence-electron chi connectivity index (χ4n) is 1.50. The molecule has 0 fully saturated rings. The van der Waals surface area contributed by atoms with E-state index >= 15 is 0 Å². The summed E-state index contributed by atoms with van der Waals surface area (Å²) in [5.74, 6) is 0.614. The first-order valence-corrected chi connectivity index (χ1v) is 4.96. The molecule has 4 nitrogen and oxygen atoms in total. The van der Waals surface area contributed by atoms with Gasteiger partial charge in [-0.1, -0.05) is 30.3 Å². The van der Waals surface area contributed by atoms with Gasteiger partial charge in [0.1, 0.15) is 6.10 Å². The number of nitrogen functional groups attached to an aromatic ring is 1. The van der Waals surface area contributed by atoms with Crippen molar-refractivity contribution in [3.8, 4) is 0 Å². The second kappa shape index (κ2) is 4.72. The first-order valence-electron chi connectivity index (χ1n) is 4.96. The minimum atomic E-state index is -0.248. The standard InChI is InChI=1S/C12H13N3O/c1-16-11(9-5-3-2-4-6-9)12-14-7-10(13)8-15-12/h2-8,11H,13H2,1H3. The SMILES string of the molecule is COC(c1ccccc1)c1ncc(N)cn1. The third-order valence-corrected chi connectivity index (χ3v) is 2.26.